The van der Waals surface area contributed by atoms with Crippen LogP contribution in [-0.2, 0) is 6.54 Å². The lowest BCUT2D eigenvalue weighted by Gasteiger charge is -2.16. The average molecular weight is 271 g/mol. The molecule has 0 aliphatic carbocycles. The van der Waals surface area contributed by atoms with Crippen LogP contribution < -0.4 is 0 Å². The molecule has 0 bridgehead atoms. The van der Waals surface area contributed by atoms with Crippen molar-refractivity contribution in [2.24, 2.45) is 0 Å². The van der Waals surface area contributed by atoms with Gasteiger partial charge in [0.05, 0.1) is 0 Å². The van der Waals surface area contributed by atoms with Gasteiger partial charge in [0.1, 0.15) is 11.6 Å². The van der Waals surface area contributed by atoms with Crippen LogP contribution in [0.3, 0.4) is 0 Å². The summed E-state index contributed by atoms with van der Waals surface area (Å²) in [6.07, 6.45) is 2.86. The summed E-state index contributed by atoms with van der Waals surface area (Å²) < 4.78 is 13.7. The summed E-state index contributed by atoms with van der Waals surface area (Å²) >= 11 is 0. The third kappa shape index (κ3) is 2.85. The molecule has 1 aliphatic heterocycles. The van der Waals surface area contributed by atoms with Gasteiger partial charge in [-0.15, -0.1) is 0 Å². The summed E-state index contributed by atoms with van der Waals surface area (Å²) in [4.78, 5) is 11.1. The van der Waals surface area contributed by atoms with Crippen LogP contribution in [0.4, 0.5) is 4.39 Å². The van der Waals surface area contributed by atoms with Crippen LogP contribution in [0.15, 0.2) is 36.5 Å². The largest absolute Gasteiger partial charge is 0.298 e. The van der Waals surface area contributed by atoms with Crippen molar-refractivity contribution in [2.75, 3.05) is 13.1 Å². The highest BCUT2D eigenvalue weighted by Gasteiger charge is 2.26. The zero-order valence-corrected chi connectivity index (χ0v) is 11.6. The number of rotatable bonds is 3. The Labute approximate surface area is 118 Å². The smallest absolute Gasteiger partial charge is 0.132 e. The zero-order valence-electron chi connectivity index (χ0n) is 11.6. The number of benzene rings is 1. The fourth-order valence-corrected chi connectivity index (χ4v) is 2.72. The van der Waals surface area contributed by atoms with E-state index in [1.807, 2.05) is 31.3 Å². The average Bonchev–Trinajstić information content (AvgIpc) is 2.90. The number of aryl methyl sites for hydroxylation is 1. The van der Waals surface area contributed by atoms with Gasteiger partial charge in [-0.2, -0.15) is 0 Å². The van der Waals surface area contributed by atoms with Gasteiger partial charge in [-0.1, -0.05) is 18.2 Å². The molecule has 4 heteroatoms. The Morgan fingerprint density at radius 3 is 2.95 bits per heavy atom. The van der Waals surface area contributed by atoms with Crippen LogP contribution in [-0.4, -0.2) is 28.0 Å². The summed E-state index contributed by atoms with van der Waals surface area (Å²) in [6.45, 7) is 4.51. The van der Waals surface area contributed by atoms with Crippen LogP contribution in [0.2, 0.25) is 0 Å². The van der Waals surface area contributed by atoms with Crippen molar-refractivity contribution in [1.82, 2.24) is 14.9 Å². The summed E-state index contributed by atoms with van der Waals surface area (Å²) in [5, 5.41) is 0. The Morgan fingerprint density at radius 2 is 2.15 bits per heavy atom. The molecule has 3 rings (SSSR count). The molecular formula is C16H18FN3. The normalized spacial score (nSPS) is 19.4. The molecule has 3 nitrogen and oxygen atoms in total. The minimum atomic E-state index is -0.122. The number of likely N-dealkylation sites (tertiary alicyclic amines) is 1. The van der Waals surface area contributed by atoms with Gasteiger partial charge in [0.2, 0.25) is 0 Å². The van der Waals surface area contributed by atoms with Crippen molar-refractivity contribution in [3.05, 3.63) is 59.4 Å². The summed E-state index contributed by atoms with van der Waals surface area (Å²) in [6, 6.07) is 8.90. The SMILES string of the molecule is Cc1ccnc(C2CCN(Cc3ccccc3F)C2)n1. The zero-order chi connectivity index (χ0) is 13.9. The van der Waals surface area contributed by atoms with Crippen molar-refractivity contribution in [2.45, 2.75) is 25.8 Å². The maximum absolute atomic E-state index is 13.7. The van der Waals surface area contributed by atoms with Crippen molar-refractivity contribution >= 4 is 0 Å². The maximum atomic E-state index is 13.7. The summed E-state index contributed by atoms with van der Waals surface area (Å²) in [7, 11) is 0. The second-order valence-corrected chi connectivity index (χ2v) is 5.37. The van der Waals surface area contributed by atoms with E-state index in [4.69, 9.17) is 0 Å². The van der Waals surface area contributed by atoms with Gasteiger partial charge in [-0.05, 0) is 32.0 Å². The molecule has 1 aliphatic rings. The van der Waals surface area contributed by atoms with E-state index in [-0.39, 0.29) is 5.82 Å². The second-order valence-electron chi connectivity index (χ2n) is 5.37. The molecule has 104 valence electrons. The van der Waals surface area contributed by atoms with Crippen LogP contribution >= 0.6 is 0 Å². The quantitative estimate of drug-likeness (QED) is 0.859. The molecule has 0 spiro atoms. The van der Waals surface area contributed by atoms with E-state index < -0.39 is 0 Å². The number of aromatic nitrogens is 2. The second kappa shape index (κ2) is 5.67. The van der Waals surface area contributed by atoms with E-state index in [0.29, 0.717) is 12.5 Å². The van der Waals surface area contributed by atoms with Crippen molar-refractivity contribution < 1.29 is 4.39 Å². The van der Waals surface area contributed by atoms with Gasteiger partial charge in [-0.25, -0.2) is 14.4 Å². The Balaban J connectivity index is 1.67. The van der Waals surface area contributed by atoms with Gasteiger partial charge in [0.15, 0.2) is 0 Å². The molecule has 20 heavy (non-hydrogen) atoms. The van der Waals surface area contributed by atoms with Gasteiger partial charge < -0.3 is 0 Å². The van der Waals surface area contributed by atoms with Gasteiger partial charge in [-0.3, -0.25) is 4.90 Å². The van der Waals surface area contributed by atoms with Crippen LogP contribution in [0.5, 0.6) is 0 Å². The Kier molecular flexibility index (Phi) is 3.74. The fourth-order valence-electron chi connectivity index (χ4n) is 2.72. The van der Waals surface area contributed by atoms with E-state index in [1.54, 1.807) is 6.07 Å². The van der Waals surface area contributed by atoms with Crippen LogP contribution in [0.25, 0.3) is 0 Å². The predicted octanol–water partition coefficient (Wildman–Crippen LogP) is 2.91. The maximum Gasteiger partial charge on any atom is 0.132 e. The molecule has 1 aromatic heterocycles. The van der Waals surface area contributed by atoms with Gasteiger partial charge >= 0.3 is 0 Å². The molecule has 1 unspecified atom stereocenters. The molecule has 2 heterocycles. The van der Waals surface area contributed by atoms with E-state index in [9.17, 15) is 4.39 Å². The Morgan fingerprint density at radius 1 is 1.30 bits per heavy atom. The first-order chi connectivity index (χ1) is 9.72. The van der Waals surface area contributed by atoms with E-state index in [2.05, 4.69) is 14.9 Å². The lowest BCUT2D eigenvalue weighted by molar-refractivity contribution is 0.320. The molecule has 2 aromatic rings. The Bertz CT molecular complexity index is 600. The first-order valence-electron chi connectivity index (χ1n) is 6.97. The summed E-state index contributed by atoms with van der Waals surface area (Å²) in [5.41, 5.74) is 1.76. The minimum Gasteiger partial charge on any atom is -0.298 e. The number of halogens is 1. The fraction of sp³-hybridized carbons (Fsp3) is 0.375. The summed E-state index contributed by atoms with van der Waals surface area (Å²) in [5.74, 6) is 1.16. The molecule has 1 aromatic carbocycles. The monoisotopic (exact) mass is 271 g/mol. The molecular weight excluding hydrogens is 253 g/mol. The highest BCUT2D eigenvalue weighted by molar-refractivity contribution is 5.17. The lowest BCUT2D eigenvalue weighted by atomic mass is 10.1. The minimum absolute atomic E-state index is 0.122. The number of nitrogens with zero attached hydrogens (tertiary/aromatic N) is 3. The van der Waals surface area contributed by atoms with E-state index in [0.717, 1.165) is 36.6 Å². The molecule has 0 N–H and O–H groups in total. The van der Waals surface area contributed by atoms with Gasteiger partial charge in [0, 0.05) is 36.5 Å². The predicted molar refractivity (Wildman–Crippen MR) is 75.8 cm³/mol. The number of hydrogen-bond donors (Lipinski definition) is 0. The third-order valence-electron chi connectivity index (χ3n) is 3.80. The van der Waals surface area contributed by atoms with Crippen molar-refractivity contribution in [1.29, 1.82) is 0 Å². The third-order valence-corrected chi connectivity index (χ3v) is 3.80. The van der Waals surface area contributed by atoms with Crippen LogP contribution in [0, 0.1) is 12.7 Å². The van der Waals surface area contributed by atoms with E-state index in [1.165, 1.54) is 6.07 Å². The van der Waals surface area contributed by atoms with Crippen molar-refractivity contribution in [3.8, 4) is 0 Å². The highest BCUT2D eigenvalue weighted by atomic mass is 19.1. The Hall–Kier alpha value is -1.81. The topological polar surface area (TPSA) is 29.0 Å². The van der Waals surface area contributed by atoms with Gasteiger partial charge in [0.25, 0.3) is 0 Å². The molecule has 1 atom stereocenters. The molecule has 0 amide bonds. The first kappa shape index (κ1) is 13.2. The van der Waals surface area contributed by atoms with Crippen molar-refractivity contribution in [3.63, 3.8) is 0 Å². The highest BCUT2D eigenvalue weighted by Crippen LogP contribution is 2.26. The standard InChI is InChI=1S/C16H18FN3/c1-12-6-8-18-16(19-12)14-7-9-20(11-14)10-13-4-2-3-5-15(13)17/h2-6,8,14H,7,9-11H2,1H3. The number of hydrogen-bond acceptors (Lipinski definition) is 3. The molecule has 0 saturated carbocycles. The molecule has 0 radical (unpaired) electrons. The molecule has 1 fully saturated rings. The lowest BCUT2D eigenvalue weighted by Crippen LogP contribution is -2.20. The molecule has 1 saturated heterocycles. The van der Waals surface area contributed by atoms with Crippen LogP contribution in [0.1, 0.15) is 29.4 Å². The van der Waals surface area contributed by atoms with E-state index >= 15 is 0 Å². The first-order valence-corrected chi connectivity index (χ1v) is 6.97.